The van der Waals surface area contributed by atoms with Gasteiger partial charge in [0.1, 0.15) is 11.5 Å². The molecule has 0 bridgehead atoms. The molecule has 0 fully saturated rings. The second kappa shape index (κ2) is 8.47. The Balaban J connectivity index is 1.74. The Morgan fingerprint density at radius 3 is 2.54 bits per heavy atom. The lowest BCUT2D eigenvalue weighted by molar-refractivity contribution is 0.0946. The molecule has 0 aliphatic rings. The van der Waals surface area contributed by atoms with E-state index in [0.29, 0.717) is 18.8 Å². The first-order valence-corrected chi connectivity index (χ1v) is 8.87. The molecular formula is C21H21FN4O2. The molecule has 1 heterocycles. The van der Waals surface area contributed by atoms with Crippen molar-refractivity contribution in [2.45, 2.75) is 6.92 Å². The van der Waals surface area contributed by atoms with Gasteiger partial charge in [-0.15, -0.1) is 0 Å². The minimum Gasteiger partial charge on any atom is -0.373 e. The van der Waals surface area contributed by atoms with Crippen molar-refractivity contribution in [1.29, 1.82) is 0 Å². The van der Waals surface area contributed by atoms with E-state index in [2.05, 4.69) is 10.4 Å². The summed E-state index contributed by atoms with van der Waals surface area (Å²) < 4.78 is 15.4. The van der Waals surface area contributed by atoms with Crippen molar-refractivity contribution in [2.24, 2.45) is 0 Å². The van der Waals surface area contributed by atoms with Crippen LogP contribution in [0.3, 0.4) is 0 Å². The summed E-state index contributed by atoms with van der Waals surface area (Å²) in [6.07, 6.45) is 0. The van der Waals surface area contributed by atoms with Gasteiger partial charge < -0.3 is 10.2 Å². The van der Waals surface area contributed by atoms with Crippen LogP contribution in [0.25, 0.3) is 5.69 Å². The van der Waals surface area contributed by atoms with Crippen LogP contribution in [0.5, 0.6) is 0 Å². The number of carbonyl (C=O) groups excluding carboxylic acids is 1. The van der Waals surface area contributed by atoms with Gasteiger partial charge in [0, 0.05) is 37.6 Å². The summed E-state index contributed by atoms with van der Waals surface area (Å²) in [4.78, 5) is 26.7. The molecule has 3 aromatic rings. The number of halogens is 1. The standard InChI is InChI=1S/C21H21FN4O2/c1-15-14-19(27)20(24-26(15)18-11-7-6-10-17(18)22)21(28)23-12-13-25(2)16-8-4-3-5-9-16/h3-11,14H,12-13H2,1-2H3,(H,23,28). The molecule has 1 N–H and O–H groups in total. The maximum atomic E-state index is 14.1. The quantitative estimate of drug-likeness (QED) is 0.714. The second-order valence-electron chi connectivity index (χ2n) is 6.37. The molecule has 1 amide bonds. The zero-order chi connectivity index (χ0) is 20.1. The first-order valence-electron chi connectivity index (χ1n) is 8.87. The van der Waals surface area contributed by atoms with E-state index in [1.807, 2.05) is 42.3 Å². The van der Waals surface area contributed by atoms with E-state index in [4.69, 9.17) is 0 Å². The lowest BCUT2D eigenvalue weighted by atomic mass is 10.2. The maximum Gasteiger partial charge on any atom is 0.275 e. The third-order valence-electron chi connectivity index (χ3n) is 4.33. The second-order valence-corrected chi connectivity index (χ2v) is 6.37. The van der Waals surface area contributed by atoms with Crippen LogP contribution in [-0.2, 0) is 0 Å². The lowest BCUT2D eigenvalue weighted by Crippen LogP contribution is -2.36. The highest BCUT2D eigenvalue weighted by atomic mass is 19.1. The van der Waals surface area contributed by atoms with E-state index >= 15 is 0 Å². The molecule has 0 saturated carbocycles. The van der Waals surface area contributed by atoms with Gasteiger partial charge in [-0.1, -0.05) is 30.3 Å². The van der Waals surface area contributed by atoms with Gasteiger partial charge in [-0.25, -0.2) is 9.07 Å². The number of aryl methyl sites for hydroxylation is 1. The van der Waals surface area contributed by atoms with Crippen LogP contribution in [0.1, 0.15) is 16.2 Å². The summed E-state index contributed by atoms with van der Waals surface area (Å²) in [7, 11) is 1.91. The number of nitrogens with zero attached hydrogens (tertiary/aromatic N) is 3. The predicted molar refractivity (Wildman–Crippen MR) is 107 cm³/mol. The molecule has 28 heavy (non-hydrogen) atoms. The summed E-state index contributed by atoms with van der Waals surface area (Å²) >= 11 is 0. The van der Waals surface area contributed by atoms with E-state index < -0.39 is 17.2 Å². The minimum atomic E-state index is -0.587. The normalized spacial score (nSPS) is 10.5. The van der Waals surface area contributed by atoms with E-state index in [9.17, 15) is 14.0 Å². The highest BCUT2D eigenvalue weighted by molar-refractivity contribution is 5.92. The van der Waals surface area contributed by atoms with Gasteiger partial charge in [-0.3, -0.25) is 9.59 Å². The summed E-state index contributed by atoms with van der Waals surface area (Å²) in [6, 6.07) is 17.1. The number of benzene rings is 2. The monoisotopic (exact) mass is 380 g/mol. The van der Waals surface area contributed by atoms with Crippen molar-refractivity contribution in [3.05, 3.63) is 88.1 Å². The number of rotatable bonds is 6. The molecule has 0 radical (unpaired) electrons. The predicted octanol–water partition coefficient (Wildman–Crippen LogP) is 2.55. The van der Waals surface area contributed by atoms with Crippen LogP contribution in [0, 0.1) is 12.7 Å². The highest BCUT2D eigenvalue weighted by Gasteiger charge is 2.16. The van der Waals surface area contributed by atoms with Gasteiger partial charge >= 0.3 is 0 Å². The van der Waals surface area contributed by atoms with Crippen molar-refractivity contribution in [2.75, 3.05) is 25.0 Å². The number of para-hydroxylation sites is 2. The molecule has 0 spiro atoms. The Kier molecular flexibility index (Phi) is 5.84. The zero-order valence-electron chi connectivity index (χ0n) is 15.7. The fourth-order valence-corrected chi connectivity index (χ4v) is 2.80. The number of anilines is 1. The number of amides is 1. The number of hydrogen-bond acceptors (Lipinski definition) is 4. The van der Waals surface area contributed by atoms with E-state index in [0.717, 1.165) is 5.69 Å². The Labute approximate surface area is 162 Å². The van der Waals surface area contributed by atoms with Crippen LogP contribution >= 0.6 is 0 Å². The summed E-state index contributed by atoms with van der Waals surface area (Å²) in [5, 5.41) is 6.80. The highest BCUT2D eigenvalue weighted by Crippen LogP contribution is 2.13. The molecule has 0 aliphatic carbocycles. The lowest BCUT2D eigenvalue weighted by Gasteiger charge is -2.19. The number of likely N-dealkylation sites (N-methyl/N-ethyl adjacent to an activating group) is 1. The smallest absolute Gasteiger partial charge is 0.275 e. The summed E-state index contributed by atoms with van der Waals surface area (Å²) in [5.41, 5.74) is 0.871. The average Bonchev–Trinajstić information content (AvgIpc) is 2.69. The molecule has 3 rings (SSSR count). The van der Waals surface area contributed by atoms with Crippen LogP contribution in [0.15, 0.2) is 65.5 Å². The van der Waals surface area contributed by atoms with Gasteiger partial charge in [0.2, 0.25) is 5.43 Å². The average molecular weight is 380 g/mol. The Morgan fingerprint density at radius 2 is 1.82 bits per heavy atom. The van der Waals surface area contributed by atoms with Crippen LogP contribution in [0.2, 0.25) is 0 Å². The summed E-state index contributed by atoms with van der Waals surface area (Å²) in [5.74, 6) is -1.07. The molecule has 0 atom stereocenters. The third kappa shape index (κ3) is 4.25. The largest absolute Gasteiger partial charge is 0.373 e. The van der Waals surface area contributed by atoms with Crippen LogP contribution in [0.4, 0.5) is 10.1 Å². The molecule has 1 aromatic heterocycles. The molecule has 0 aliphatic heterocycles. The topological polar surface area (TPSA) is 67.2 Å². The number of aromatic nitrogens is 2. The minimum absolute atomic E-state index is 0.179. The maximum absolute atomic E-state index is 14.1. The first kappa shape index (κ1) is 19.3. The van der Waals surface area contributed by atoms with Gasteiger partial charge in [0.15, 0.2) is 5.69 Å². The molecule has 2 aromatic carbocycles. The van der Waals surface area contributed by atoms with Gasteiger partial charge in [0.05, 0.1) is 0 Å². The number of nitrogens with one attached hydrogen (secondary N) is 1. The van der Waals surface area contributed by atoms with E-state index in [-0.39, 0.29) is 11.4 Å². The van der Waals surface area contributed by atoms with Crippen LogP contribution < -0.4 is 15.6 Å². The molecule has 7 heteroatoms. The molecule has 144 valence electrons. The van der Waals surface area contributed by atoms with Gasteiger partial charge in [-0.2, -0.15) is 5.10 Å². The molecule has 6 nitrogen and oxygen atoms in total. The van der Waals surface area contributed by atoms with Crippen molar-refractivity contribution in [3.63, 3.8) is 0 Å². The van der Waals surface area contributed by atoms with Crippen molar-refractivity contribution in [3.8, 4) is 5.69 Å². The zero-order valence-corrected chi connectivity index (χ0v) is 15.7. The van der Waals surface area contributed by atoms with Crippen molar-refractivity contribution < 1.29 is 9.18 Å². The Bertz CT molecular complexity index is 1030. The Morgan fingerprint density at radius 1 is 1.14 bits per heavy atom. The summed E-state index contributed by atoms with van der Waals surface area (Å²) in [6.45, 7) is 2.53. The number of hydrogen-bond donors (Lipinski definition) is 1. The van der Waals surface area contributed by atoms with E-state index in [1.165, 1.54) is 22.9 Å². The van der Waals surface area contributed by atoms with E-state index in [1.54, 1.807) is 19.1 Å². The Hall–Kier alpha value is -3.48. The van der Waals surface area contributed by atoms with Crippen molar-refractivity contribution in [1.82, 2.24) is 15.1 Å². The third-order valence-corrected chi connectivity index (χ3v) is 4.33. The fraction of sp³-hybridized carbons (Fsp3) is 0.190. The first-order chi connectivity index (χ1) is 13.5. The van der Waals surface area contributed by atoms with Crippen LogP contribution in [-0.4, -0.2) is 35.8 Å². The fourth-order valence-electron chi connectivity index (χ4n) is 2.80. The van der Waals surface area contributed by atoms with Gasteiger partial charge in [-0.05, 0) is 31.2 Å². The molecule has 0 unspecified atom stereocenters. The van der Waals surface area contributed by atoms with Gasteiger partial charge in [0.25, 0.3) is 5.91 Å². The SMILES string of the molecule is Cc1cc(=O)c(C(=O)NCCN(C)c2ccccc2)nn1-c1ccccc1F. The molecule has 0 saturated heterocycles. The molecular weight excluding hydrogens is 359 g/mol. The number of carbonyl (C=O) groups is 1. The van der Waals surface area contributed by atoms with Crippen molar-refractivity contribution >= 4 is 11.6 Å².